The molecule has 1 N–H and O–H groups in total. The van der Waals surface area contributed by atoms with Crippen LogP contribution in [0.1, 0.15) is 31.2 Å². The number of aromatic nitrogens is 2. The number of ether oxygens (including phenoxy) is 2. The number of rotatable bonds is 4. The lowest BCUT2D eigenvalue weighted by molar-refractivity contribution is 0.174. The van der Waals surface area contributed by atoms with Gasteiger partial charge >= 0.3 is 0 Å². The molecule has 1 aromatic carbocycles. The summed E-state index contributed by atoms with van der Waals surface area (Å²) in [6.45, 7) is 6.41. The third kappa shape index (κ3) is 3.34. The van der Waals surface area contributed by atoms with Crippen LogP contribution in [-0.4, -0.2) is 35.9 Å². The molecule has 0 aliphatic carbocycles. The molecule has 0 unspecified atom stereocenters. The Morgan fingerprint density at radius 1 is 1.28 bits per heavy atom. The molecule has 1 saturated heterocycles. The molecule has 25 heavy (non-hydrogen) atoms. The zero-order chi connectivity index (χ0) is 17.2. The zero-order valence-electron chi connectivity index (χ0n) is 14.8. The van der Waals surface area contributed by atoms with Crippen LogP contribution in [-0.2, 0) is 6.42 Å². The first-order valence-corrected chi connectivity index (χ1v) is 8.96. The Labute approximate surface area is 148 Å². The average molecular weight is 340 g/mol. The molecular formula is C19H24N4O2. The van der Waals surface area contributed by atoms with E-state index < -0.39 is 0 Å². The van der Waals surface area contributed by atoms with E-state index in [4.69, 9.17) is 14.5 Å². The van der Waals surface area contributed by atoms with Crippen molar-refractivity contribution in [1.29, 1.82) is 0 Å². The number of aryl methyl sites for hydroxylation is 2. The molecule has 6 nitrogen and oxygen atoms in total. The first kappa shape index (κ1) is 16.0. The van der Waals surface area contributed by atoms with E-state index in [-0.39, 0.29) is 0 Å². The van der Waals surface area contributed by atoms with Gasteiger partial charge in [0.2, 0.25) is 6.79 Å². The van der Waals surface area contributed by atoms with Gasteiger partial charge < -0.3 is 19.7 Å². The molecular weight excluding hydrogens is 316 g/mol. The zero-order valence-corrected chi connectivity index (χ0v) is 14.8. The summed E-state index contributed by atoms with van der Waals surface area (Å²) in [5.74, 6) is 3.56. The van der Waals surface area contributed by atoms with E-state index in [0.29, 0.717) is 12.8 Å². The van der Waals surface area contributed by atoms with Crippen LogP contribution in [0.25, 0.3) is 0 Å². The van der Waals surface area contributed by atoms with Crippen molar-refractivity contribution in [2.45, 2.75) is 39.2 Å². The minimum absolute atomic E-state index is 0.308. The Morgan fingerprint density at radius 2 is 2.16 bits per heavy atom. The van der Waals surface area contributed by atoms with Gasteiger partial charge in [-0.3, -0.25) is 0 Å². The van der Waals surface area contributed by atoms with E-state index in [1.54, 1.807) is 0 Å². The van der Waals surface area contributed by atoms with E-state index in [0.717, 1.165) is 61.2 Å². The number of hydrogen-bond donors (Lipinski definition) is 1. The van der Waals surface area contributed by atoms with E-state index in [1.807, 2.05) is 25.3 Å². The van der Waals surface area contributed by atoms with Crippen LogP contribution in [0, 0.1) is 6.92 Å². The van der Waals surface area contributed by atoms with Gasteiger partial charge in [-0.25, -0.2) is 9.97 Å². The first-order chi connectivity index (χ1) is 12.2. The highest BCUT2D eigenvalue weighted by atomic mass is 16.7. The monoisotopic (exact) mass is 340 g/mol. The van der Waals surface area contributed by atoms with Crippen LogP contribution in [0.2, 0.25) is 0 Å². The molecule has 0 saturated carbocycles. The Hall–Kier alpha value is -2.50. The Kier molecular flexibility index (Phi) is 4.34. The highest BCUT2D eigenvalue weighted by molar-refractivity contribution is 5.56. The Bertz CT molecular complexity index is 765. The summed E-state index contributed by atoms with van der Waals surface area (Å²) in [5.41, 5.74) is 2.29. The maximum atomic E-state index is 5.47. The van der Waals surface area contributed by atoms with Gasteiger partial charge in [0.1, 0.15) is 11.6 Å². The van der Waals surface area contributed by atoms with Crippen LogP contribution in [0.5, 0.6) is 11.5 Å². The quantitative estimate of drug-likeness (QED) is 0.923. The lowest BCUT2D eigenvalue weighted by Gasteiger charge is -2.35. The van der Waals surface area contributed by atoms with Crippen molar-refractivity contribution in [3.63, 3.8) is 0 Å². The molecule has 0 spiro atoms. The summed E-state index contributed by atoms with van der Waals surface area (Å²) >= 11 is 0. The summed E-state index contributed by atoms with van der Waals surface area (Å²) in [7, 11) is 0. The van der Waals surface area contributed by atoms with Crippen LogP contribution in [0.4, 0.5) is 11.5 Å². The second kappa shape index (κ2) is 6.78. The van der Waals surface area contributed by atoms with E-state index in [9.17, 15) is 0 Å². The van der Waals surface area contributed by atoms with Gasteiger partial charge in [0.05, 0.1) is 0 Å². The third-order valence-corrected chi connectivity index (χ3v) is 4.81. The van der Waals surface area contributed by atoms with Crippen molar-refractivity contribution < 1.29 is 9.47 Å². The number of piperidine rings is 1. The van der Waals surface area contributed by atoms with Crippen molar-refractivity contribution >= 4 is 11.5 Å². The van der Waals surface area contributed by atoms with Crippen LogP contribution in [0.3, 0.4) is 0 Å². The van der Waals surface area contributed by atoms with Gasteiger partial charge in [0.25, 0.3) is 0 Å². The maximum absolute atomic E-state index is 5.47. The molecule has 0 bridgehead atoms. The number of fused-ring (bicyclic) bond motifs is 1. The number of hydrogen-bond acceptors (Lipinski definition) is 6. The van der Waals surface area contributed by atoms with Gasteiger partial charge in [-0.1, -0.05) is 6.92 Å². The van der Waals surface area contributed by atoms with Gasteiger partial charge in [-0.2, -0.15) is 0 Å². The Morgan fingerprint density at radius 3 is 3.04 bits per heavy atom. The maximum Gasteiger partial charge on any atom is 0.231 e. The molecule has 6 heteroatoms. The van der Waals surface area contributed by atoms with Crippen LogP contribution in [0.15, 0.2) is 24.4 Å². The molecule has 1 atom stereocenters. The average Bonchev–Trinajstić information content (AvgIpc) is 3.10. The molecule has 4 rings (SSSR count). The summed E-state index contributed by atoms with van der Waals surface area (Å²) < 4.78 is 10.9. The van der Waals surface area contributed by atoms with Crippen molar-refractivity contribution in [2.24, 2.45) is 0 Å². The molecule has 2 aliphatic rings. The largest absolute Gasteiger partial charge is 0.454 e. The highest BCUT2D eigenvalue weighted by Crippen LogP contribution is 2.35. The van der Waals surface area contributed by atoms with E-state index >= 15 is 0 Å². The lowest BCUT2D eigenvalue weighted by Crippen LogP contribution is -2.43. The topological polar surface area (TPSA) is 59.5 Å². The van der Waals surface area contributed by atoms with E-state index in [1.165, 1.54) is 5.56 Å². The smallest absolute Gasteiger partial charge is 0.231 e. The normalized spacial score (nSPS) is 19.1. The number of benzene rings is 1. The second-order valence-electron chi connectivity index (χ2n) is 6.62. The standard InChI is InChI=1S/C19H24N4O2/c1-3-14-10-20-13(2)21-19(14)23-8-4-5-16(11-23)22-15-6-7-17-18(9-15)25-12-24-17/h6-7,9-10,16,22H,3-5,8,11-12H2,1-2H3/t16-/m1/s1. The molecule has 1 fully saturated rings. The molecule has 2 aromatic rings. The second-order valence-corrected chi connectivity index (χ2v) is 6.62. The van der Waals surface area contributed by atoms with Crippen molar-refractivity contribution in [3.8, 4) is 11.5 Å². The summed E-state index contributed by atoms with van der Waals surface area (Å²) in [4.78, 5) is 11.4. The number of nitrogens with one attached hydrogen (secondary N) is 1. The fourth-order valence-corrected chi connectivity index (χ4v) is 3.52. The molecule has 0 amide bonds. The summed E-state index contributed by atoms with van der Waals surface area (Å²) in [6.07, 6.45) is 5.21. The minimum atomic E-state index is 0.308. The molecule has 3 heterocycles. The first-order valence-electron chi connectivity index (χ1n) is 8.96. The lowest BCUT2D eigenvalue weighted by atomic mass is 10.0. The predicted molar refractivity (Wildman–Crippen MR) is 97.6 cm³/mol. The number of anilines is 2. The minimum Gasteiger partial charge on any atom is -0.454 e. The van der Waals surface area contributed by atoms with Crippen molar-refractivity contribution in [3.05, 3.63) is 35.8 Å². The predicted octanol–water partition coefficient (Wildman–Crippen LogP) is 3.16. The van der Waals surface area contributed by atoms with Gasteiger partial charge in [0.15, 0.2) is 11.5 Å². The highest BCUT2D eigenvalue weighted by Gasteiger charge is 2.23. The van der Waals surface area contributed by atoms with Gasteiger partial charge in [0, 0.05) is 42.6 Å². The number of nitrogens with zero attached hydrogens (tertiary/aromatic N) is 3. The Balaban J connectivity index is 1.49. The van der Waals surface area contributed by atoms with Crippen LogP contribution >= 0.6 is 0 Å². The molecule has 1 aromatic heterocycles. The fourth-order valence-electron chi connectivity index (χ4n) is 3.52. The molecule has 0 radical (unpaired) electrons. The molecule has 2 aliphatic heterocycles. The van der Waals surface area contributed by atoms with Gasteiger partial charge in [-0.05, 0) is 38.3 Å². The summed E-state index contributed by atoms with van der Waals surface area (Å²) in [5, 5.41) is 3.64. The third-order valence-electron chi connectivity index (χ3n) is 4.81. The van der Waals surface area contributed by atoms with Gasteiger partial charge in [-0.15, -0.1) is 0 Å². The molecule has 132 valence electrons. The summed E-state index contributed by atoms with van der Waals surface area (Å²) in [6, 6.07) is 6.43. The fraction of sp³-hybridized carbons (Fsp3) is 0.474. The SMILES string of the molecule is CCc1cnc(C)nc1N1CCC[C@@H](Nc2ccc3c(c2)OCO3)C1. The van der Waals surface area contributed by atoms with E-state index in [2.05, 4.69) is 28.2 Å². The van der Waals surface area contributed by atoms with Crippen molar-refractivity contribution in [2.75, 3.05) is 30.1 Å². The van der Waals surface area contributed by atoms with Crippen LogP contribution < -0.4 is 19.7 Å². The van der Waals surface area contributed by atoms with Crippen molar-refractivity contribution in [1.82, 2.24) is 9.97 Å².